The number of carbonyl (C=O) groups excluding carboxylic acids is 2. The molecule has 1 aliphatic heterocycles. The summed E-state index contributed by atoms with van der Waals surface area (Å²) in [7, 11) is 1.28. The van der Waals surface area contributed by atoms with Gasteiger partial charge in [0, 0.05) is 12.0 Å². The van der Waals surface area contributed by atoms with Crippen LogP contribution in [0.15, 0.2) is 35.8 Å². The fourth-order valence-electron chi connectivity index (χ4n) is 1.80. The number of hydrogen-bond acceptors (Lipinski definition) is 4. The smallest absolute Gasteiger partial charge is 0.412 e. The van der Waals surface area contributed by atoms with Gasteiger partial charge in [-0.3, -0.25) is 14.9 Å². The number of piperidine rings is 1. The highest BCUT2D eigenvalue weighted by Gasteiger charge is 2.32. The van der Waals surface area contributed by atoms with Crippen molar-refractivity contribution >= 4 is 11.8 Å². The summed E-state index contributed by atoms with van der Waals surface area (Å²) in [5.41, 5.74) is -0.888. The van der Waals surface area contributed by atoms with Crippen molar-refractivity contribution < 1.29 is 27.5 Å². The minimum atomic E-state index is -4.50. The lowest BCUT2D eigenvalue weighted by atomic mass is 10.1. The van der Waals surface area contributed by atoms with E-state index >= 15 is 0 Å². The van der Waals surface area contributed by atoms with Crippen molar-refractivity contribution in [3.8, 4) is 0 Å². The fourth-order valence-corrected chi connectivity index (χ4v) is 1.80. The minimum Gasteiger partial charge on any atom is -0.495 e. The van der Waals surface area contributed by atoms with E-state index in [2.05, 4.69) is 17.2 Å². The average molecular weight is 348 g/mol. The summed E-state index contributed by atoms with van der Waals surface area (Å²) < 4.78 is 43.0. The van der Waals surface area contributed by atoms with Crippen LogP contribution in [0, 0.1) is 0 Å². The number of ether oxygens (including phenoxy) is 1. The van der Waals surface area contributed by atoms with Gasteiger partial charge in [0.1, 0.15) is 11.8 Å². The number of amides is 2. The third-order valence-corrected chi connectivity index (χ3v) is 3.05. The molecule has 8 heteroatoms. The molecule has 1 fully saturated rings. The van der Waals surface area contributed by atoms with Crippen LogP contribution in [0.5, 0.6) is 0 Å². The largest absolute Gasteiger partial charge is 0.495 e. The number of methoxy groups -OCH3 is 1. The second-order valence-corrected chi connectivity index (χ2v) is 4.66. The van der Waals surface area contributed by atoms with Gasteiger partial charge < -0.3 is 10.1 Å². The topological polar surface area (TPSA) is 67.4 Å². The quantitative estimate of drug-likeness (QED) is 0.455. The SMILES string of the molecule is C=C/C(OC)=C(\C=C(/C)C(F)(F)F)NC1CCC(=O)NC1=O.CC. The Hall–Kier alpha value is -2.25. The van der Waals surface area contributed by atoms with Gasteiger partial charge in [-0.25, -0.2) is 0 Å². The first-order valence-corrected chi connectivity index (χ1v) is 7.45. The van der Waals surface area contributed by atoms with E-state index in [-0.39, 0.29) is 24.3 Å². The first-order chi connectivity index (χ1) is 11.2. The molecule has 0 saturated carbocycles. The van der Waals surface area contributed by atoms with Gasteiger partial charge in [0.2, 0.25) is 11.8 Å². The molecule has 136 valence electrons. The fraction of sp³-hybridized carbons (Fsp3) is 0.500. The normalized spacial score (nSPS) is 19.5. The summed E-state index contributed by atoms with van der Waals surface area (Å²) in [5, 5.41) is 4.79. The Kier molecular flexibility index (Phi) is 8.87. The van der Waals surface area contributed by atoms with Crippen LogP contribution in [0.2, 0.25) is 0 Å². The molecule has 1 saturated heterocycles. The van der Waals surface area contributed by atoms with Crippen molar-refractivity contribution in [1.82, 2.24) is 10.6 Å². The van der Waals surface area contributed by atoms with Crippen molar-refractivity contribution in [2.75, 3.05) is 7.11 Å². The van der Waals surface area contributed by atoms with Crippen LogP contribution in [0.25, 0.3) is 0 Å². The Morgan fingerprint density at radius 1 is 1.38 bits per heavy atom. The van der Waals surface area contributed by atoms with Crippen molar-refractivity contribution in [2.24, 2.45) is 0 Å². The molecule has 0 aromatic heterocycles. The van der Waals surface area contributed by atoms with E-state index in [1.54, 1.807) is 0 Å². The molecule has 0 aromatic rings. The van der Waals surface area contributed by atoms with Gasteiger partial charge in [-0.1, -0.05) is 20.4 Å². The molecule has 0 radical (unpaired) electrons. The van der Waals surface area contributed by atoms with Crippen LogP contribution in [0.3, 0.4) is 0 Å². The molecule has 5 nitrogen and oxygen atoms in total. The standard InChI is InChI=1S/C14H17F3N2O3.C2H6/c1-4-11(22-3)10(7-8(2)14(15,16)17)18-9-5-6-12(20)19-13(9)21;1-2/h4,7,9,18H,1,5-6H2,2-3H3,(H,19,20,21);1-2H3/b8-7+,11-10-;. The molecular formula is C16H23F3N2O3. The minimum absolute atomic E-state index is 0.0261. The van der Waals surface area contributed by atoms with Gasteiger partial charge in [-0.15, -0.1) is 0 Å². The second-order valence-electron chi connectivity index (χ2n) is 4.66. The van der Waals surface area contributed by atoms with Crippen molar-refractivity contribution in [3.63, 3.8) is 0 Å². The summed E-state index contributed by atoms with van der Waals surface area (Å²) in [5.74, 6) is -0.939. The molecule has 0 aromatic carbocycles. The number of hydrogen-bond donors (Lipinski definition) is 2. The monoisotopic (exact) mass is 348 g/mol. The van der Waals surface area contributed by atoms with E-state index in [1.165, 1.54) is 13.2 Å². The summed E-state index contributed by atoms with van der Waals surface area (Å²) >= 11 is 0. The number of alkyl halides is 3. The summed E-state index contributed by atoms with van der Waals surface area (Å²) in [6, 6.07) is -0.824. The Bertz CT molecular complexity index is 537. The van der Waals surface area contributed by atoms with Crippen LogP contribution in [-0.4, -0.2) is 31.1 Å². The summed E-state index contributed by atoms with van der Waals surface area (Å²) in [6.45, 7) is 8.36. The zero-order valence-corrected chi connectivity index (χ0v) is 14.2. The number of rotatable bonds is 5. The van der Waals surface area contributed by atoms with E-state index in [0.29, 0.717) is 0 Å². The number of nitrogens with one attached hydrogen (secondary N) is 2. The lowest BCUT2D eigenvalue weighted by Crippen LogP contribution is -2.50. The first kappa shape index (κ1) is 21.8. The molecule has 2 N–H and O–H groups in total. The molecule has 1 unspecified atom stereocenters. The van der Waals surface area contributed by atoms with Crippen LogP contribution in [-0.2, 0) is 14.3 Å². The Morgan fingerprint density at radius 2 is 1.96 bits per heavy atom. The van der Waals surface area contributed by atoms with Gasteiger partial charge >= 0.3 is 6.18 Å². The van der Waals surface area contributed by atoms with E-state index < -0.39 is 29.6 Å². The van der Waals surface area contributed by atoms with Crippen molar-refractivity contribution in [2.45, 2.75) is 45.8 Å². The summed E-state index contributed by atoms with van der Waals surface area (Å²) in [6.07, 6.45) is -2.15. The molecule has 2 amide bonds. The zero-order valence-electron chi connectivity index (χ0n) is 14.2. The Morgan fingerprint density at radius 3 is 2.38 bits per heavy atom. The molecule has 0 aliphatic carbocycles. The third-order valence-electron chi connectivity index (χ3n) is 3.05. The van der Waals surface area contributed by atoms with E-state index in [0.717, 1.165) is 13.0 Å². The highest BCUT2D eigenvalue weighted by atomic mass is 19.4. The van der Waals surface area contributed by atoms with E-state index in [9.17, 15) is 22.8 Å². The molecular weight excluding hydrogens is 325 g/mol. The molecule has 1 atom stereocenters. The molecule has 1 aliphatic rings. The third kappa shape index (κ3) is 6.47. The van der Waals surface area contributed by atoms with Gasteiger partial charge in [0.25, 0.3) is 0 Å². The van der Waals surface area contributed by atoms with Crippen molar-refractivity contribution in [3.05, 3.63) is 35.8 Å². The number of imide groups is 1. The van der Waals surface area contributed by atoms with E-state index in [4.69, 9.17) is 4.74 Å². The predicted octanol–water partition coefficient (Wildman–Crippen LogP) is 2.96. The lowest BCUT2D eigenvalue weighted by Gasteiger charge is -2.24. The highest BCUT2D eigenvalue weighted by Crippen LogP contribution is 2.26. The maximum atomic E-state index is 12.7. The Balaban J connectivity index is 0.00000254. The molecule has 0 spiro atoms. The zero-order chi connectivity index (χ0) is 18.9. The molecule has 1 rings (SSSR count). The lowest BCUT2D eigenvalue weighted by molar-refractivity contribution is -0.134. The van der Waals surface area contributed by atoms with Crippen molar-refractivity contribution in [1.29, 1.82) is 0 Å². The highest BCUT2D eigenvalue weighted by molar-refractivity contribution is 6.00. The number of carbonyl (C=O) groups is 2. The predicted molar refractivity (Wildman–Crippen MR) is 84.7 cm³/mol. The average Bonchev–Trinajstić information content (AvgIpc) is 2.52. The van der Waals surface area contributed by atoms with Crippen LogP contribution < -0.4 is 10.6 Å². The van der Waals surface area contributed by atoms with Crippen LogP contribution in [0.1, 0.15) is 33.6 Å². The Labute approximate surface area is 139 Å². The second kappa shape index (κ2) is 9.79. The summed E-state index contributed by atoms with van der Waals surface area (Å²) in [4.78, 5) is 22.8. The van der Waals surface area contributed by atoms with E-state index in [1.807, 2.05) is 13.8 Å². The van der Waals surface area contributed by atoms with Gasteiger partial charge in [0.15, 0.2) is 0 Å². The first-order valence-electron chi connectivity index (χ1n) is 7.45. The molecule has 24 heavy (non-hydrogen) atoms. The van der Waals surface area contributed by atoms with Gasteiger partial charge in [-0.2, -0.15) is 13.2 Å². The number of allylic oxidation sites excluding steroid dienone is 3. The van der Waals surface area contributed by atoms with Crippen LogP contribution in [0.4, 0.5) is 13.2 Å². The molecule has 0 bridgehead atoms. The maximum absolute atomic E-state index is 12.7. The maximum Gasteiger partial charge on any atom is 0.412 e. The molecule has 1 heterocycles. The number of halogens is 3. The van der Waals surface area contributed by atoms with Crippen LogP contribution >= 0.6 is 0 Å². The van der Waals surface area contributed by atoms with Gasteiger partial charge in [-0.05, 0) is 25.5 Å². The van der Waals surface area contributed by atoms with Gasteiger partial charge in [0.05, 0.1) is 12.8 Å².